The summed E-state index contributed by atoms with van der Waals surface area (Å²) in [6.45, 7) is 2.75. The predicted molar refractivity (Wildman–Crippen MR) is 66.8 cm³/mol. The van der Waals surface area contributed by atoms with Crippen molar-refractivity contribution in [2.45, 2.75) is 13.0 Å². The van der Waals surface area contributed by atoms with E-state index >= 15 is 0 Å². The van der Waals surface area contributed by atoms with Gasteiger partial charge in [-0.15, -0.1) is 0 Å². The maximum Gasteiger partial charge on any atom is 0.155 e. The van der Waals surface area contributed by atoms with E-state index in [1.807, 2.05) is 24.3 Å². The Hall–Kier alpha value is -1.88. The number of methoxy groups -OCH3 is 1. The molecule has 0 aliphatic rings. The molecule has 2 N–H and O–H groups in total. The Morgan fingerprint density at radius 1 is 1.47 bits per heavy atom. The molecular formula is C12H16N4O. The zero-order valence-corrected chi connectivity index (χ0v) is 9.97. The van der Waals surface area contributed by atoms with Gasteiger partial charge in [-0.3, -0.25) is 5.10 Å². The van der Waals surface area contributed by atoms with Crippen molar-refractivity contribution in [1.29, 1.82) is 0 Å². The van der Waals surface area contributed by atoms with E-state index < -0.39 is 0 Å². The Bertz CT molecular complexity index is 455. The second-order valence-electron chi connectivity index (χ2n) is 3.92. The number of benzene rings is 1. The minimum Gasteiger partial charge on any atom is -0.383 e. The topological polar surface area (TPSA) is 62.8 Å². The summed E-state index contributed by atoms with van der Waals surface area (Å²) in [5.74, 6) is 0.771. The van der Waals surface area contributed by atoms with Gasteiger partial charge in [0.25, 0.3) is 0 Å². The van der Waals surface area contributed by atoms with Gasteiger partial charge in [-0.1, -0.05) is 12.1 Å². The van der Waals surface area contributed by atoms with Crippen molar-refractivity contribution in [3.05, 3.63) is 30.6 Å². The van der Waals surface area contributed by atoms with Gasteiger partial charge in [0.05, 0.1) is 6.61 Å². The van der Waals surface area contributed by atoms with Crippen molar-refractivity contribution in [3.8, 4) is 11.4 Å². The van der Waals surface area contributed by atoms with Gasteiger partial charge in [-0.25, -0.2) is 4.98 Å². The summed E-state index contributed by atoms with van der Waals surface area (Å²) in [6, 6.07) is 8.30. The number of H-pyrrole nitrogens is 1. The summed E-state index contributed by atoms with van der Waals surface area (Å²) in [5.41, 5.74) is 2.06. The fraction of sp³-hybridized carbons (Fsp3) is 0.333. The molecule has 1 atom stereocenters. The van der Waals surface area contributed by atoms with Crippen LogP contribution in [0.25, 0.3) is 11.4 Å². The van der Waals surface area contributed by atoms with Crippen LogP contribution in [0.2, 0.25) is 0 Å². The van der Waals surface area contributed by atoms with Gasteiger partial charge in [0.1, 0.15) is 6.33 Å². The van der Waals surface area contributed by atoms with Crippen LogP contribution in [0.1, 0.15) is 6.92 Å². The van der Waals surface area contributed by atoms with Gasteiger partial charge in [-0.2, -0.15) is 5.10 Å². The molecule has 1 aromatic carbocycles. The van der Waals surface area contributed by atoms with E-state index in [0.29, 0.717) is 6.61 Å². The van der Waals surface area contributed by atoms with Crippen LogP contribution in [0.5, 0.6) is 0 Å². The van der Waals surface area contributed by atoms with Gasteiger partial charge in [0.15, 0.2) is 5.82 Å². The van der Waals surface area contributed by atoms with Crippen LogP contribution >= 0.6 is 0 Å². The summed E-state index contributed by atoms with van der Waals surface area (Å²) in [5, 5.41) is 10.0. The van der Waals surface area contributed by atoms with Gasteiger partial charge in [-0.05, 0) is 19.1 Å². The molecule has 5 heteroatoms. The van der Waals surface area contributed by atoms with Crippen molar-refractivity contribution >= 4 is 5.69 Å². The summed E-state index contributed by atoms with van der Waals surface area (Å²) in [4.78, 5) is 4.12. The number of nitrogens with zero attached hydrogens (tertiary/aromatic N) is 2. The lowest BCUT2D eigenvalue weighted by atomic mass is 10.2. The quantitative estimate of drug-likeness (QED) is 0.826. The fourth-order valence-electron chi connectivity index (χ4n) is 1.68. The number of hydrogen-bond acceptors (Lipinski definition) is 4. The first kappa shape index (κ1) is 11.6. The van der Waals surface area contributed by atoms with Crippen molar-refractivity contribution in [3.63, 3.8) is 0 Å². The van der Waals surface area contributed by atoms with Crippen molar-refractivity contribution in [2.24, 2.45) is 0 Å². The summed E-state index contributed by atoms with van der Waals surface area (Å²) < 4.78 is 5.09. The molecule has 0 fully saturated rings. The minimum atomic E-state index is 0.268. The lowest BCUT2D eigenvalue weighted by Crippen LogP contribution is -2.20. The van der Waals surface area contributed by atoms with Crippen LogP contribution in [0, 0.1) is 0 Å². The second-order valence-corrected chi connectivity index (χ2v) is 3.92. The number of aromatic nitrogens is 3. The SMILES string of the molecule is COCC(C)Nc1cccc(-c2ncn[nH]2)c1. The lowest BCUT2D eigenvalue weighted by molar-refractivity contribution is 0.190. The highest BCUT2D eigenvalue weighted by Crippen LogP contribution is 2.19. The standard InChI is InChI=1S/C12H16N4O/c1-9(7-17-2)15-11-5-3-4-10(6-11)12-13-8-14-16-12/h3-6,8-9,15H,7H2,1-2H3,(H,13,14,16). The van der Waals surface area contributed by atoms with Crippen LogP contribution in [0.15, 0.2) is 30.6 Å². The van der Waals surface area contributed by atoms with E-state index in [1.54, 1.807) is 7.11 Å². The largest absolute Gasteiger partial charge is 0.383 e. The van der Waals surface area contributed by atoms with Crippen molar-refractivity contribution in [1.82, 2.24) is 15.2 Å². The van der Waals surface area contributed by atoms with Crippen LogP contribution in [-0.4, -0.2) is 34.9 Å². The Balaban J connectivity index is 2.12. The number of hydrogen-bond donors (Lipinski definition) is 2. The highest BCUT2D eigenvalue weighted by Gasteiger charge is 2.04. The molecule has 0 amide bonds. The molecule has 0 aliphatic carbocycles. The molecule has 2 aromatic rings. The molecule has 0 saturated heterocycles. The van der Waals surface area contributed by atoms with Gasteiger partial charge >= 0.3 is 0 Å². The highest BCUT2D eigenvalue weighted by molar-refractivity contribution is 5.62. The summed E-state index contributed by atoms with van der Waals surface area (Å²) >= 11 is 0. The monoisotopic (exact) mass is 232 g/mol. The maximum absolute atomic E-state index is 5.09. The third-order valence-electron chi connectivity index (χ3n) is 2.38. The molecule has 0 spiro atoms. The molecule has 17 heavy (non-hydrogen) atoms. The summed E-state index contributed by atoms with van der Waals surface area (Å²) in [7, 11) is 1.70. The number of rotatable bonds is 5. The fourth-order valence-corrected chi connectivity index (χ4v) is 1.68. The Labute approximate surface area is 100 Å². The highest BCUT2D eigenvalue weighted by atomic mass is 16.5. The van der Waals surface area contributed by atoms with Crippen LogP contribution < -0.4 is 5.32 Å². The first-order valence-corrected chi connectivity index (χ1v) is 5.51. The van der Waals surface area contributed by atoms with Gasteiger partial charge < -0.3 is 10.1 Å². The molecule has 90 valence electrons. The molecular weight excluding hydrogens is 216 g/mol. The molecule has 1 unspecified atom stereocenters. The molecule has 2 rings (SSSR count). The minimum absolute atomic E-state index is 0.268. The molecule has 1 heterocycles. The van der Waals surface area contributed by atoms with Crippen molar-refractivity contribution in [2.75, 3.05) is 19.0 Å². The number of nitrogens with one attached hydrogen (secondary N) is 2. The first-order chi connectivity index (χ1) is 8.29. The van der Waals surface area contributed by atoms with E-state index in [0.717, 1.165) is 17.1 Å². The smallest absolute Gasteiger partial charge is 0.155 e. The van der Waals surface area contributed by atoms with E-state index in [9.17, 15) is 0 Å². The Morgan fingerprint density at radius 3 is 3.06 bits per heavy atom. The lowest BCUT2D eigenvalue weighted by Gasteiger charge is -2.14. The Morgan fingerprint density at radius 2 is 2.35 bits per heavy atom. The maximum atomic E-state index is 5.09. The van der Waals surface area contributed by atoms with E-state index in [2.05, 4.69) is 27.4 Å². The van der Waals surface area contributed by atoms with Gasteiger partial charge in [0, 0.05) is 24.4 Å². The zero-order valence-electron chi connectivity index (χ0n) is 9.97. The average molecular weight is 232 g/mol. The normalized spacial score (nSPS) is 12.4. The Kier molecular flexibility index (Phi) is 3.72. The molecule has 0 radical (unpaired) electrons. The molecule has 1 aromatic heterocycles. The molecule has 0 bridgehead atoms. The van der Waals surface area contributed by atoms with Crippen molar-refractivity contribution < 1.29 is 4.74 Å². The number of ether oxygens (including phenoxy) is 1. The van der Waals surface area contributed by atoms with Crippen LogP contribution in [0.4, 0.5) is 5.69 Å². The third-order valence-corrected chi connectivity index (χ3v) is 2.38. The van der Waals surface area contributed by atoms with E-state index in [4.69, 9.17) is 4.74 Å². The third kappa shape index (κ3) is 3.04. The summed E-state index contributed by atoms with van der Waals surface area (Å²) in [6.07, 6.45) is 1.50. The number of anilines is 1. The average Bonchev–Trinajstić information content (AvgIpc) is 2.83. The molecule has 0 aliphatic heterocycles. The first-order valence-electron chi connectivity index (χ1n) is 5.51. The van der Waals surface area contributed by atoms with Crippen LogP contribution in [0.3, 0.4) is 0 Å². The second kappa shape index (κ2) is 5.45. The molecule has 5 nitrogen and oxygen atoms in total. The van der Waals surface area contributed by atoms with E-state index in [1.165, 1.54) is 6.33 Å². The molecule has 0 saturated carbocycles. The predicted octanol–water partition coefficient (Wildman–Crippen LogP) is 1.92. The number of aromatic amines is 1. The van der Waals surface area contributed by atoms with Crippen LogP contribution in [-0.2, 0) is 4.74 Å². The van der Waals surface area contributed by atoms with E-state index in [-0.39, 0.29) is 6.04 Å². The van der Waals surface area contributed by atoms with Gasteiger partial charge in [0.2, 0.25) is 0 Å². The zero-order chi connectivity index (χ0) is 12.1.